The maximum atomic E-state index is 12.5. The smallest absolute Gasteiger partial charge is 0.340 e. The molecule has 112 valence electrons. The van der Waals surface area contributed by atoms with Gasteiger partial charge in [-0.1, -0.05) is 35.4 Å². The van der Waals surface area contributed by atoms with Crippen molar-refractivity contribution in [2.75, 3.05) is 0 Å². The van der Waals surface area contributed by atoms with Crippen LogP contribution in [0.4, 0.5) is 13.2 Å². The first-order valence-corrected chi connectivity index (χ1v) is 6.23. The topological polar surface area (TPSA) is 52.8 Å². The molecule has 0 aliphatic carbocycles. The Balaban J connectivity index is 1.76. The highest BCUT2D eigenvalue weighted by Crippen LogP contribution is 2.30. The van der Waals surface area contributed by atoms with Crippen LogP contribution < -0.4 is 4.84 Å². The van der Waals surface area contributed by atoms with Gasteiger partial charge in [0.15, 0.2) is 5.75 Å². The molecule has 22 heavy (non-hydrogen) atoms. The first kappa shape index (κ1) is 14.1. The lowest BCUT2D eigenvalue weighted by atomic mass is 10.2. The Morgan fingerprint density at radius 3 is 2.23 bits per heavy atom. The van der Waals surface area contributed by atoms with Crippen LogP contribution in [0.5, 0.6) is 5.75 Å². The number of benzene rings is 2. The number of hydrogen-bond donors (Lipinski definition) is 0. The number of aromatic nitrogens is 4. The van der Waals surface area contributed by atoms with Crippen LogP contribution in [0, 0.1) is 0 Å². The Morgan fingerprint density at radius 1 is 0.909 bits per heavy atom. The summed E-state index contributed by atoms with van der Waals surface area (Å²) < 4.78 is 37.4. The van der Waals surface area contributed by atoms with Gasteiger partial charge in [-0.2, -0.15) is 13.2 Å². The Labute approximate surface area is 122 Å². The van der Waals surface area contributed by atoms with E-state index in [4.69, 9.17) is 4.84 Å². The highest BCUT2D eigenvalue weighted by molar-refractivity contribution is 5.52. The number of nitrogens with zero attached hydrogens (tertiary/aromatic N) is 4. The largest absolute Gasteiger partial charge is 0.416 e. The average Bonchev–Trinajstić information content (AvgIpc) is 2.96. The summed E-state index contributed by atoms with van der Waals surface area (Å²) >= 11 is 0. The number of tetrazole rings is 1. The molecule has 3 aromatic rings. The highest BCUT2D eigenvalue weighted by Gasteiger charge is 2.30. The zero-order chi connectivity index (χ0) is 15.6. The minimum atomic E-state index is -4.38. The quantitative estimate of drug-likeness (QED) is 0.745. The fraction of sp³-hybridized carbons (Fsp3) is 0.0714. The van der Waals surface area contributed by atoms with Crippen molar-refractivity contribution in [2.45, 2.75) is 6.18 Å². The third kappa shape index (κ3) is 3.05. The lowest BCUT2D eigenvalue weighted by Crippen LogP contribution is -2.10. The molecule has 0 saturated heterocycles. The van der Waals surface area contributed by atoms with Crippen molar-refractivity contribution in [3.05, 3.63) is 60.2 Å². The van der Waals surface area contributed by atoms with E-state index in [0.29, 0.717) is 5.82 Å². The van der Waals surface area contributed by atoms with Crippen LogP contribution in [0.15, 0.2) is 54.6 Å². The van der Waals surface area contributed by atoms with E-state index in [9.17, 15) is 13.2 Å². The number of alkyl halides is 3. The molecule has 0 N–H and O–H groups in total. The lowest BCUT2D eigenvalue weighted by molar-refractivity contribution is -0.137. The Morgan fingerprint density at radius 2 is 1.59 bits per heavy atom. The van der Waals surface area contributed by atoms with E-state index in [1.165, 1.54) is 12.1 Å². The van der Waals surface area contributed by atoms with Gasteiger partial charge in [-0.25, -0.2) is 0 Å². The first-order valence-electron chi connectivity index (χ1n) is 6.23. The fourth-order valence-electron chi connectivity index (χ4n) is 1.74. The zero-order valence-electron chi connectivity index (χ0n) is 11.0. The van der Waals surface area contributed by atoms with Crippen LogP contribution >= 0.6 is 0 Å². The molecule has 0 bridgehead atoms. The third-order valence-corrected chi connectivity index (χ3v) is 2.80. The predicted octanol–water partition coefficient (Wildman–Crippen LogP) is 3.20. The summed E-state index contributed by atoms with van der Waals surface area (Å²) in [6.07, 6.45) is -4.38. The summed E-state index contributed by atoms with van der Waals surface area (Å²) in [6.45, 7) is 0. The van der Waals surface area contributed by atoms with Gasteiger partial charge in [-0.3, -0.25) is 0 Å². The van der Waals surface area contributed by atoms with Crippen molar-refractivity contribution in [3.63, 3.8) is 0 Å². The van der Waals surface area contributed by atoms with Crippen LogP contribution in [0.3, 0.4) is 0 Å². The molecule has 5 nitrogen and oxygen atoms in total. The van der Waals surface area contributed by atoms with Gasteiger partial charge < -0.3 is 4.84 Å². The van der Waals surface area contributed by atoms with Crippen molar-refractivity contribution in [3.8, 4) is 17.1 Å². The van der Waals surface area contributed by atoms with E-state index in [2.05, 4.69) is 15.4 Å². The molecule has 0 atom stereocenters. The van der Waals surface area contributed by atoms with E-state index in [1.54, 1.807) is 12.1 Å². The van der Waals surface area contributed by atoms with Crippen LogP contribution in [0.25, 0.3) is 11.4 Å². The van der Waals surface area contributed by atoms with Gasteiger partial charge in [-0.05, 0) is 29.5 Å². The van der Waals surface area contributed by atoms with Crippen LogP contribution in [0.2, 0.25) is 0 Å². The summed E-state index contributed by atoms with van der Waals surface area (Å²) in [6, 6.07) is 13.3. The molecule has 0 saturated carbocycles. The number of halogens is 3. The molecule has 0 aliphatic heterocycles. The second kappa shape index (κ2) is 5.47. The number of hydrogen-bond acceptors (Lipinski definition) is 4. The minimum Gasteiger partial charge on any atom is -0.340 e. The molecular weight excluding hydrogens is 297 g/mol. The van der Waals surface area contributed by atoms with Crippen molar-refractivity contribution < 1.29 is 18.0 Å². The molecule has 2 aromatic carbocycles. The molecule has 0 fully saturated rings. The third-order valence-electron chi connectivity index (χ3n) is 2.80. The van der Waals surface area contributed by atoms with Gasteiger partial charge in [-0.15, -0.1) is 5.10 Å². The number of rotatable bonds is 3. The normalized spacial score (nSPS) is 11.4. The maximum Gasteiger partial charge on any atom is 0.416 e. The van der Waals surface area contributed by atoms with E-state index in [-0.39, 0.29) is 5.75 Å². The van der Waals surface area contributed by atoms with Crippen molar-refractivity contribution in [1.29, 1.82) is 0 Å². The summed E-state index contributed by atoms with van der Waals surface area (Å²) in [5.74, 6) is 0.525. The summed E-state index contributed by atoms with van der Waals surface area (Å²) in [5, 5.41) is 11.5. The van der Waals surface area contributed by atoms with Crippen LogP contribution in [-0.4, -0.2) is 20.4 Å². The van der Waals surface area contributed by atoms with Crippen molar-refractivity contribution in [1.82, 2.24) is 20.4 Å². The van der Waals surface area contributed by atoms with Gasteiger partial charge in [0.05, 0.1) is 5.56 Å². The Bertz CT molecular complexity index is 754. The highest BCUT2D eigenvalue weighted by atomic mass is 19.4. The molecule has 8 heteroatoms. The van der Waals surface area contributed by atoms with E-state index < -0.39 is 11.7 Å². The molecule has 1 heterocycles. The monoisotopic (exact) mass is 306 g/mol. The minimum absolute atomic E-state index is 0.171. The second-order valence-electron chi connectivity index (χ2n) is 4.35. The Hall–Kier alpha value is -2.90. The second-order valence-corrected chi connectivity index (χ2v) is 4.35. The average molecular weight is 306 g/mol. The van der Waals surface area contributed by atoms with Crippen molar-refractivity contribution in [2.24, 2.45) is 0 Å². The molecular formula is C14H9F3N4O. The van der Waals surface area contributed by atoms with Gasteiger partial charge in [0.25, 0.3) is 0 Å². The van der Waals surface area contributed by atoms with Gasteiger partial charge in [0, 0.05) is 10.5 Å². The molecule has 3 rings (SSSR count). The van der Waals surface area contributed by atoms with Crippen molar-refractivity contribution >= 4 is 0 Å². The molecule has 0 radical (unpaired) electrons. The van der Waals surface area contributed by atoms with Crippen LogP contribution in [0.1, 0.15) is 5.56 Å². The summed E-state index contributed by atoms with van der Waals surface area (Å²) in [7, 11) is 0. The molecule has 0 aliphatic rings. The van der Waals surface area contributed by atoms with Crippen LogP contribution in [-0.2, 0) is 6.18 Å². The first-order chi connectivity index (χ1) is 10.5. The maximum absolute atomic E-state index is 12.5. The predicted molar refractivity (Wildman–Crippen MR) is 70.7 cm³/mol. The zero-order valence-corrected chi connectivity index (χ0v) is 11.0. The fourth-order valence-corrected chi connectivity index (χ4v) is 1.74. The summed E-state index contributed by atoms with van der Waals surface area (Å²) in [4.78, 5) is 6.06. The molecule has 0 unspecified atom stereocenters. The van der Waals surface area contributed by atoms with Gasteiger partial charge in [0.2, 0.25) is 5.82 Å². The SMILES string of the molecule is FC(F)(F)c1ccc(On2nnc(-c3ccccc3)n2)cc1. The standard InChI is InChI=1S/C14H9F3N4O/c15-14(16,17)11-6-8-12(9-7-11)22-21-19-13(18-20-21)10-4-2-1-3-5-10/h1-9H. The lowest BCUT2D eigenvalue weighted by Gasteiger charge is -2.07. The van der Waals surface area contributed by atoms with E-state index in [1.807, 2.05) is 18.2 Å². The summed E-state index contributed by atoms with van der Waals surface area (Å²) in [5.41, 5.74) is 0.00106. The van der Waals surface area contributed by atoms with Gasteiger partial charge in [0.1, 0.15) is 0 Å². The molecule has 1 aromatic heterocycles. The molecule has 0 spiro atoms. The Kier molecular flexibility index (Phi) is 3.50. The molecule has 0 amide bonds. The van der Waals surface area contributed by atoms with Gasteiger partial charge >= 0.3 is 6.18 Å². The van der Waals surface area contributed by atoms with E-state index >= 15 is 0 Å². The van der Waals surface area contributed by atoms with E-state index in [0.717, 1.165) is 22.7 Å².